The van der Waals surface area contributed by atoms with Crippen LogP contribution in [-0.4, -0.2) is 55.7 Å². The molecule has 5 nitrogen and oxygen atoms in total. The second kappa shape index (κ2) is 6.63. The Bertz CT molecular complexity index is 410. The van der Waals surface area contributed by atoms with Crippen LogP contribution in [0.4, 0.5) is 0 Å². The Hall–Kier alpha value is -1.46. The Labute approximate surface area is 114 Å². The molecule has 1 N–H and O–H groups in total. The monoisotopic (exact) mass is 263 g/mol. The van der Waals surface area contributed by atoms with Crippen LogP contribution in [0.2, 0.25) is 0 Å². The lowest BCUT2D eigenvalue weighted by atomic mass is 10.0. The van der Waals surface area contributed by atoms with Gasteiger partial charge < -0.3 is 15.0 Å². The van der Waals surface area contributed by atoms with Gasteiger partial charge in [-0.2, -0.15) is 0 Å². The normalized spacial score (nSPS) is 22.4. The molecule has 0 aliphatic carbocycles. The molecule has 2 atom stereocenters. The van der Waals surface area contributed by atoms with E-state index in [1.165, 1.54) is 5.56 Å². The molecule has 1 saturated heterocycles. The van der Waals surface area contributed by atoms with Crippen LogP contribution in [0.3, 0.4) is 0 Å². The lowest BCUT2D eigenvalue weighted by molar-refractivity contribution is -0.134. The zero-order valence-electron chi connectivity index (χ0n) is 11.5. The summed E-state index contributed by atoms with van der Waals surface area (Å²) in [5.41, 5.74) is 1.20. The standard InChI is InChI=1S/C14H21N3O2/c1-15-13-10-19-9-12(13)14(18)17(2)8-5-11-3-6-16-7-4-11/h3-4,6-7,12-13,15H,5,8-10H2,1-2H3. The number of carbonyl (C=O) groups excluding carboxylic acids is 1. The van der Waals surface area contributed by atoms with Gasteiger partial charge in [-0.25, -0.2) is 0 Å². The first-order chi connectivity index (χ1) is 9.22. The smallest absolute Gasteiger partial charge is 0.229 e. The molecule has 2 heterocycles. The van der Waals surface area contributed by atoms with E-state index in [-0.39, 0.29) is 17.9 Å². The first kappa shape index (κ1) is 14.0. The van der Waals surface area contributed by atoms with Gasteiger partial charge in [-0.3, -0.25) is 9.78 Å². The summed E-state index contributed by atoms with van der Waals surface area (Å²) in [7, 11) is 3.73. The lowest BCUT2D eigenvalue weighted by Crippen LogP contribution is -2.43. The first-order valence-electron chi connectivity index (χ1n) is 6.61. The molecule has 0 radical (unpaired) electrons. The third-order valence-electron chi connectivity index (χ3n) is 3.63. The molecular formula is C14H21N3O2. The van der Waals surface area contributed by atoms with Crippen LogP contribution in [0.1, 0.15) is 5.56 Å². The maximum Gasteiger partial charge on any atom is 0.229 e. The van der Waals surface area contributed by atoms with Crippen LogP contribution in [0.15, 0.2) is 24.5 Å². The molecular weight excluding hydrogens is 242 g/mol. The number of hydrogen-bond donors (Lipinski definition) is 1. The van der Waals surface area contributed by atoms with Gasteiger partial charge in [0.05, 0.1) is 19.1 Å². The Morgan fingerprint density at radius 1 is 1.47 bits per heavy atom. The average Bonchev–Trinajstić information content (AvgIpc) is 2.93. The molecule has 5 heteroatoms. The summed E-state index contributed by atoms with van der Waals surface area (Å²) in [6, 6.07) is 4.09. The number of likely N-dealkylation sites (N-methyl/N-ethyl adjacent to an activating group) is 2. The number of ether oxygens (including phenoxy) is 1. The van der Waals surface area contributed by atoms with Gasteiger partial charge in [-0.15, -0.1) is 0 Å². The van der Waals surface area contributed by atoms with Crippen LogP contribution in [0.25, 0.3) is 0 Å². The van der Waals surface area contributed by atoms with Crippen molar-refractivity contribution in [3.05, 3.63) is 30.1 Å². The van der Waals surface area contributed by atoms with Crippen molar-refractivity contribution in [2.45, 2.75) is 12.5 Å². The van der Waals surface area contributed by atoms with E-state index in [1.54, 1.807) is 17.3 Å². The third kappa shape index (κ3) is 3.52. The molecule has 0 saturated carbocycles. The molecule has 1 fully saturated rings. The van der Waals surface area contributed by atoms with Crippen molar-refractivity contribution in [1.82, 2.24) is 15.2 Å². The van der Waals surface area contributed by atoms with E-state index in [2.05, 4.69) is 10.3 Å². The zero-order valence-corrected chi connectivity index (χ0v) is 11.5. The minimum atomic E-state index is -0.0626. The summed E-state index contributed by atoms with van der Waals surface area (Å²) < 4.78 is 5.38. The highest BCUT2D eigenvalue weighted by Crippen LogP contribution is 2.16. The molecule has 2 rings (SSSR count). The van der Waals surface area contributed by atoms with Crippen molar-refractivity contribution in [2.75, 3.05) is 33.9 Å². The van der Waals surface area contributed by atoms with Crippen molar-refractivity contribution >= 4 is 5.91 Å². The van der Waals surface area contributed by atoms with Crippen molar-refractivity contribution in [3.8, 4) is 0 Å². The summed E-state index contributed by atoms with van der Waals surface area (Å²) in [6.07, 6.45) is 4.40. The molecule has 0 bridgehead atoms. The number of pyridine rings is 1. The van der Waals surface area contributed by atoms with Crippen molar-refractivity contribution in [2.24, 2.45) is 5.92 Å². The summed E-state index contributed by atoms with van der Waals surface area (Å²) in [5, 5.41) is 3.14. The van der Waals surface area contributed by atoms with E-state index in [0.717, 1.165) is 13.0 Å². The number of nitrogens with one attached hydrogen (secondary N) is 1. The maximum atomic E-state index is 12.3. The highest BCUT2D eigenvalue weighted by Gasteiger charge is 2.34. The summed E-state index contributed by atoms with van der Waals surface area (Å²) in [6.45, 7) is 1.85. The van der Waals surface area contributed by atoms with E-state index in [1.807, 2.05) is 26.2 Å². The van der Waals surface area contributed by atoms with E-state index in [9.17, 15) is 4.79 Å². The van der Waals surface area contributed by atoms with E-state index < -0.39 is 0 Å². The molecule has 0 aromatic carbocycles. The molecule has 2 unspecified atom stereocenters. The minimum absolute atomic E-state index is 0.0626. The Morgan fingerprint density at radius 3 is 2.89 bits per heavy atom. The van der Waals surface area contributed by atoms with E-state index in [4.69, 9.17) is 4.74 Å². The van der Waals surface area contributed by atoms with Crippen LogP contribution >= 0.6 is 0 Å². The number of aromatic nitrogens is 1. The molecule has 1 aliphatic heterocycles. The number of rotatable bonds is 5. The van der Waals surface area contributed by atoms with Gasteiger partial charge in [-0.05, 0) is 31.2 Å². The predicted octanol–water partition coefficient (Wildman–Crippen LogP) is 0.317. The van der Waals surface area contributed by atoms with Gasteiger partial charge in [0.25, 0.3) is 0 Å². The molecule has 1 amide bonds. The zero-order chi connectivity index (χ0) is 13.7. The van der Waals surface area contributed by atoms with Gasteiger partial charge in [0.15, 0.2) is 0 Å². The topological polar surface area (TPSA) is 54.5 Å². The van der Waals surface area contributed by atoms with Crippen molar-refractivity contribution in [1.29, 1.82) is 0 Å². The quantitative estimate of drug-likeness (QED) is 0.831. The number of amides is 1. The summed E-state index contributed by atoms with van der Waals surface area (Å²) in [4.78, 5) is 18.1. The van der Waals surface area contributed by atoms with Crippen LogP contribution in [0, 0.1) is 5.92 Å². The van der Waals surface area contributed by atoms with Crippen LogP contribution < -0.4 is 5.32 Å². The second-order valence-corrected chi connectivity index (χ2v) is 4.90. The highest BCUT2D eigenvalue weighted by atomic mass is 16.5. The molecule has 104 valence electrons. The number of carbonyl (C=O) groups is 1. The Kier molecular flexibility index (Phi) is 4.87. The predicted molar refractivity (Wildman–Crippen MR) is 72.7 cm³/mol. The largest absolute Gasteiger partial charge is 0.379 e. The fraction of sp³-hybridized carbons (Fsp3) is 0.571. The second-order valence-electron chi connectivity index (χ2n) is 4.90. The fourth-order valence-electron chi connectivity index (χ4n) is 2.32. The molecule has 1 aliphatic rings. The summed E-state index contributed by atoms with van der Waals surface area (Å²) in [5.74, 6) is 0.0957. The average molecular weight is 263 g/mol. The van der Waals surface area contributed by atoms with Gasteiger partial charge in [0.2, 0.25) is 5.91 Å². The first-order valence-corrected chi connectivity index (χ1v) is 6.61. The fourth-order valence-corrected chi connectivity index (χ4v) is 2.32. The van der Waals surface area contributed by atoms with Gasteiger partial charge in [-0.1, -0.05) is 0 Å². The molecule has 0 spiro atoms. The van der Waals surface area contributed by atoms with Gasteiger partial charge >= 0.3 is 0 Å². The number of nitrogens with zero attached hydrogens (tertiary/aromatic N) is 2. The maximum absolute atomic E-state index is 12.3. The molecule has 19 heavy (non-hydrogen) atoms. The minimum Gasteiger partial charge on any atom is -0.379 e. The molecule has 1 aromatic rings. The Morgan fingerprint density at radius 2 is 2.21 bits per heavy atom. The highest BCUT2D eigenvalue weighted by molar-refractivity contribution is 5.79. The SMILES string of the molecule is CNC1COCC1C(=O)N(C)CCc1ccncc1. The van der Waals surface area contributed by atoms with Gasteiger partial charge in [0.1, 0.15) is 0 Å². The Balaban J connectivity index is 1.85. The third-order valence-corrected chi connectivity index (χ3v) is 3.63. The lowest BCUT2D eigenvalue weighted by Gasteiger charge is -2.23. The molecule has 1 aromatic heterocycles. The van der Waals surface area contributed by atoms with E-state index >= 15 is 0 Å². The van der Waals surface area contributed by atoms with Crippen molar-refractivity contribution < 1.29 is 9.53 Å². The van der Waals surface area contributed by atoms with Gasteiger partial charge in [0, 0.05) is 32.0 Å². The number of hydrogen-bond acceptors (Lipinski definition) is 4. The van der Waals surface area contributed by atoms with E-state index in [0.29, 0.717) is 13.2 Å². The van der Waals surface area contributed by atoms with Crippen LogP contribution in [0.5, 0.6) is 0 Å². The summed E-state index contributed by atoms with van der Waals surface area (Å²) >= 11 is 0. The van der Waals surface area contributed by atoms with Crippen LogP contribution in [-0.2, 0) is 16.0 Å². The van der Waals surface area contributed by atoms with Crippen molar-refractivity contribution in [3.63, 3.8) is 0 Å².